The number of amides is 3. The molecule has 128 valence electrons. The molecular formula is C22H18N2O2. The molecule has 26 heavy (non-hydrogen) atoms. The van der Waals surface area contributed by atoms with Crippen LogP contribution in [0.15, 0.2) is 66.7 Å². The van der Waals surface area contributed by atoms with Crippen molar-refractivity contribution >= 4 is 22.7 Å². The SMILES string of the molecule is O=C1N[C@@]2(CCc3ccccc32)C(=O)N1Cc1cccc2ccccc12. The largest absolute Gasteiger partial charge is 0.325 e. The predicted octanol–water partition coefficient (Wildman–Crippen LogP) is 3.73. The van der Waals surface area contributed by atoms with Gasteiger partial charge in [-0.2, -0.15) is 0 Å². The molecule has 1 aliphatic carbocycles. The highest BCUT2D eigenvalue weighted by Crippen LogP contribution is 2.41. The van der Waals surface area contributed by atoms with Gasteiger partial charge in [0.25, 0.3) is 5.91 Å². The summed E-state index contributed by atoms with van der Waals surface area (Å²) in [5.41, 5.74) is 2.18. The van der Waals surface area contributed by atoms with E-state index in [0.717, 1.165) is 33.9 Å². The second-order valence-corrected chi connectivity index (χ2v) is 7.02. The Balaban J connectivity index is 1.53. The highest BCUT2D eigenvalue weighted by Gasteiger charge is 2.55. The number of benzene rings is 3. The summed E-state index contributed by atoms with van der Waals surface area (Å²) in [4.78, 5) is 27.3. The maximum atomic E-state index is 13.3. The first-order chi connectivity index (χ1) is 12.7. The number of urea groups is 1. The Morgan fingerprint density at radius 1 is 0.923 bits per heavy atom. The summed E-state index contributed by atoms with van der Waals surface area (Å²) in [5, 5.41) is 5.17. The summed E-state index contributed by atoms with van der Waals surface area (Å²) < 4.78 is 0. The summed E-state index contributed by atoms with van der Waals surface area (Å²) in [6, 6.07) is 21.6. The van der Waals surface area contributed by atoms with Gasteiger partial charge in [0.1, 0.15) is 5.54 Å². The number of hydrogen-bond acceptors (Lipinski definition) is 2. The first-order valence-electron chi connectivity index (χ1n) is 8.88. The van der Waals surface area contributed by atoms with Crippen molar-refractivity contribution in [1.29, 1.82) is 0 Å². The Kier molecular flexibility index (Phi) is 3.16. The van der Waals surface area contributed by atoms with Gasteiger partial charge in [0, 0.05) is 0 Å². The molecule has 4 nitrogen and oxygen atoms in total. The van der Waals surface area contributed by atoms with Crippen LogP contribution in [0.3, 0.4) is 0 Å². The van der Waals surface area contributed by atoms with E-state index in [0.29, 0.717) is 6.42 Å². The quantitative estimate of drug-likeness (QED) is 0.722. The second-order valence-electron chi connectivity index (χ2n) is 7.02. The van der Waals surface area contributed by atoms with Crippen molar-refractivity contribution in [3.05, 3.63) is 83.4 Å². The first-order valence-corrected chi connectivity index (χ1v) is 8.88. The standard InChI is InChI=1S/C22H18N2O2/c25-20-22(13-12-16-7-2-4-11-19(16)22)23-21(26)24(20)14-17-9-5-8-15-6-1-3-10-18(15)17/h1-11H,12-14H2,(H,23,26)/t22-/m1/s1. The van der Waals surface area contributed by atoms with Gasteiger partial charge in [-0.1, -0.05) is 66.7 Å². The van der Waals surface area contributed by atoms with Crippen molar-refractivity contribution in [2.45, 2.75) is 24.9 Å². The molecule has 1 aliphatic heterocycles. The third kappa shape index (κ3) is 2.02. The van der Waals surface area contributed by atoms with Gasteiger partial charge in [-0.05, 0) is 40.3 Å². The Labute approximate surface area is 151 Å². The average molecular weight is 342 g/mol. The fourth-order valence-corrected chi connectivity index (χ4v) is 4.33. The predicted molar refractivity (Wildman–Crippen MR) is 99.5 cm³/mol. The van der Waals surface area contributed by atoms with Crippen LogP contribution in [-0.4, -0.2) is 16.8 Å². The van der Waals surface area contributed by atoms with Crippen LogP contribution in [0.1, 0.15) is 23.1 Å². The summed E-state index contributed by atoms with van der Waals surface area (Å²) in [6.45, 7) is 0.288. The number of carbonyl (C=O) groups excluding carboxylic acids is 2. The van der Waals surface area contributed by atoms with Crippen LogP contribution in [0.4, 0.5) is 4.79 Å². The number of nitrogens with zero attached hydrogens (tertiary/aromatic N) is 1. The summed E-state index contributed by atoms with van der Waals surface area (Å²) in [6.07, 6.45) is 1.44. The maximum absolute atomic E-state index is 13.3. The number of hydrogen-bond donors (Lipinski definition) is 1. The number of imide groups is 1. The molecule has 1 saturated heterocycles. The minimum absolute atomic E-state index is 0.139. The van der Waals surface area contributed by atoms with E-state index in [1.165, 1.54) is 4.90 Å². The third-order valence-electron chi connectivity index (χ3n) is 5.63. The van der Waals surface area contributed by atoms with Gasteiger partial charge in [-0.25, -0.2) is 4.79 Å². The lowest BCUT2D eigenvalue weighted by Crippen LogP contribution is -2.41. The lowest BCUT2D eigenvalue weighted by atomic mass is 9.91. The van der Waals surface area contributed by atoms with E-state index < -0.39 is 5.54 Å². The van der Waals surface area contributed by atoms with Crippen molar-refractivity contribution in [3.8, 4) is 0 Å². The molecule has 1 atom stereocenters. The first kappa shape index (κ1) is 15.1. The number of aryl methyl sites for hydroxylation is 1. The molecule has 5 rings (SSSR count). The van der Waals surface area contributed by atoms with Gasteiger partial charge in [-0.15, -0.1) is 0 Å². The molecule has 4 heteroatoms. The van der Waals surface area contributed by atoms with E-state index in [4.69, 9.17) is 0 Å². The Bertz CT molecular complexity index is 1050. The minimum atomic E-state index is -0.891. The third-order valence-corrected chi connectivity index (χ3v) is 5.63. The van der Waals surface area contributed by atoms with Crippen LogP contribution in [-0.2, 0) is 23.3 Å². The fraction of sp³-hybridized carbons (Fsp3) is 0.182. The lowest BCUT2D eigenvalue weighted by Gasteiger charge is -2.22. The van der Waals surface area contributed by atoms with E-state index in [1.54, 1.807) is 0 Å². The van der Waals surface area contributed by atoms with Crippen molar-refractivity contribution in [2.24, 2.45) is 0 Å². The summed E-state index contributed by atoms with van der Waals surface area (Å²) in [5.74, 6) is -0.139. The molecule has 0 unspecified atom stereocenters. The van der Waals surface area contributed by atoms with Crippen LogP contribution in [0.2, 0.25) is 0 Å². The summed E-state index contributed by atoms with van der Waals surface area (Å²) in [7, 11) is 0. The van der Waals surface area contributed by atoms with Crippen LogP contribution in [0.5, 0.6) is 0 Å². The minimum Gasteiger partial charge on any atom is -0.319 e. The fourth-order valence-electron chi connectivity index (χ4n) is 4.33. The normalized spacial score (nSPS) is 21.5. The zero-order valence-corrected chi connectivity index (χ0v) is 14.2. The molecule has 1 spiro atoms. The Morgan fingerprint density at radius 2 is 1.69 bits per heavy atom. The summed E-state index contributed by atoms with van der Waals surface area (Å²) >= 11 is 0. The van der Waals surface area contributed by atoms with Crippen LogP contribution < -0.4 is 5.32 Å². The molecule has 3 aromatic rings. The van der Waals surface area contributed by atoms with Crippen molar-refractivity contribution in [2.75, 3.05) is 0 Å². The van der Waals surface area contributed by atoms with Gasteiger partial charge in [-0.3, -0.25) is 9.69 Å². The molecule has 2 aliphatic rings. The van der Waals surface area contributed by atoms with Gasteiger partial charge in [0.15, 0.2) is 0 Å². The molecule has 0 saturated carbocycles. The van der Waals surface area contributed by atoms with Crippen LogP contribution >= 0.6 is 0 Å². The molecule has 1 N–H and O–H groups in total. The van der Waals surface area contributed by atoms with Gasteiger partial charge in [0.05, 0.1) is 6.54 Å². The lowest BCUT2D eigenvalue weighted by molar-refractivity contribution is -0.132. The molecule has 1 heterocycles. The molecule has 0 bridgehead atoms. The van der Waals surface area contributed by atoms with E-state index in [-0.39, 0.29) is 18.5 Å². The molecule has 0 radical (unpaired) electrons. The zero-order chi connectivity index (χ0) is 17.7. The average Bonchev–Trinajstić information content (AvgIpc) is 3.16. The molecule has 3 amide bonds. The van der Waals surface area contributed by atoms with Gasteiger partial charge < -0.3 is 5.32 Å². The molecule has 1 fully saturated rings. The number of carbonyl (C=O) groups is 2. The van der Waals surface area contributed by atoms with Crippen molar-refractivity contribution in [3.63, 3.8) is 0 Å². The van der Waals surface area contributed by atoms with Crippen LogP contribution in [0, 0.1) is 0 Å². The Hall–Kier alpha value is -3.14. The highest BCUT2D eigenvalue weighted by molar-refractivity contribution is 6.08. The van der Waals surface area contributed by atoms with E-state index in [2.05, 4.69) is 5.32 Å². The highest BCUT2D eigenvalue weighted by atomic mass is 16.2. The van der Waals surface area contributed by atoms with Crippen molar-refractivity contribution in [1.82, 2.24) is 10.2 Å². The van der Waals surface area contributed by atoms with E-state index >= 15 is 0 Å². The number of nitrogens with one attached hydrogen (secondary N) is 1. The van der Waals surface area contributed by atoms with E-state index in [1.807, 2.05) is 66.7 Å². The van der Waals surface area contributed by atoms with Gasteiger partial charge in [0.2, 0.25) is 0 Å². The molecule has 3 aromatic carbocycles. The van der Waals surface area contributed by atoms with Crippen LogP contribution in [0.25, 0.3) is 10.8 Å². The Morgan fingerprint density at radius 3 is 2.62 bits per heavy atom. The van der Waals surface area contributed by atoms with Gasteiger partial charge >= 0.3 is 6.03 Å². The smallest absolute Gasteiger partial charge is 0.319 e. The van der Waals surface area contributed by atoms with Crippen molar-refractivity contribution < 1.29 is 9.59 Å². The second kappa shape index (κ2) is 5.43. The maximum Gasteiger partial charge on any atom is 0.325 e. The monoisotopic (exact) mass is 342 g/mol. The number of fused-ring (bicyclic) bond motifs is 3. The molecule has 0 aromatic heterocycles. The molecular weight excluding hydrogens is 324 g/mol. The van der Waals surface area contributed by atoms with E-state index in [9.17, 15) is 9.59 Å². The topological polar surface area (TPSA) is 49.4 Å². The zero-order valence-electron chi connectivity index (χ0n) is 14.2. The number of rotatable bonds is 2.